The summed E-state index contributed by atoms with van der Waals surface area (Å²) in [6.07, 6.45) is 5.24. The van der Waals surface area contributed by atoms with Crippen LogP contribution >= 0.6 is 0 Å². The Hall–Kier alpha value is -1.28. The van der Waals surface area contributed by atoms with Gasteiger partial charge in [-0.25, -0.2) is 0 Å². The van der Waals surface area contributed by atoms with Crippen LogP contribution in [0.2, 0.25) is 0 Å². The van der Waals surface area contributed by atoms with Crippen LogP contribution < -0.4 is 5.32 Å². The number of hydrogen-bond donors (Lipinski definition) is 1. The summed E-state index contributed by atoms with van der Waals surface area (Å²) in [4.78, 5) is 2.49. The second kappa shape index (κ2) is 5.25. The fourth-order valence-electron chi connectivity index (χ4n) is 3.68. The van der Waals surface area contributed by atoms with Gasteiger partial charge < -0.3 is 10.2 Å². The van der Waals surface area contributed by atoms with E-state index in [1.165, 1.54) is 54.6 Å². The number of hydrogen-bond acceptors (Lipinski definition) is 2. The van der Waals surface area contributed by atoms with Crippen LogP contribution in [0, 0.1) is 13.8 Å². The lowest BCUT2D eigenvalue weighted by Crippen LogP contribution is -2.53. The third-order valence-corrected chi connectivity index (χ3v) is 5.13. The third kappa shape index (κ3) is 2.49. The minimum Gasteiger partial charge on any atom is -0.370 e. The molecule has 0 radical (unpaired) electrons. The Balaban J connectivity index is 1.77. The van der Waals surface area contributed by atoms with E-state index in [1.54, 1.807) is 0 Å². The van der Waals surface area contributed by atoms with Crippen LogP contribution in [0.3, 0.4) is 0 Å². The van der Waals surface area contributed by atoms with E-state index in [9.17, 15) is 0 Å². The van der Waals surface area contributed by atoms with Gasteiger partial charge in [-0.15, -0.1) is 0 Å². The number of likely N-dealkylation sites (tertiary alicyclic amines) is 1. The van der Waals surface area contributed by atoms with Gasteiger partial charge in [-0.1, -0.05) is 18.7 Å². The highest BCUT2D eigenvalue weighted by Crippen LogP contribution is 2.33. The van der Waals surface area contributed by atoms with Crippen molar-refractivity contribution in [2.24, 2.45) is 0 Å². The zero-order valence-corrected chi connectivity index (χ0v) is 12.8. The van der Waals surface area contributed by atoms with E-state index in [0.717, 1.165) is 13.1 Å². The number of aryl methyl sites for hydroxylation is 2. The van der Waals surface area contributed by atoms with Crippen molar-refractivity contribution in [3.63, 3.8) is 0 Å². The first kappa shape index (κ1) is 13.7. The Morgan fingerprint density at radius 3 is 2.70 bits per heavy atom. The smallest absolute Gasteiger partial charge is 0.0367 e. The Labute approximate surface area is 122 Å². The van der Waals surface area contributed by atoms with E-state index < -0.39 is 0 Å². The summed E-state index contributed by atoms with van der Waals surface area (Å²) >= 11 is 0. The molecule has 1 N–H and O–H groups in total. The Bertz CT molecular complexity index is 512. The van der Waals surface area contributed by atoms with Crippen LogP contribution in [0.15, 0.2) is 24.8 Å². The van der Waals surface area contributed by atoms with E-state index >= 15 is 0 Å². The van der Waals surface area contributed by atoms with E-state index in [2.05, 4.69) is 48.8 Å². The average molecular weight is 270 g/mol. The molecule has 0 amide bonds. The van der Waals surface area contributed by atoms with Crippen LogP contribution in [-0.4, -0.2) is 30.1 Å². The monoisotopic (exact) mass is 270 g/mol. The summed E-state index contributed by atoms with van der Waals surface area (Å²) in [5.41, 5.74) is 5.55. The maximum Gasteiger partial charge on any atom is 0.0367 e. The van der Waals surface area contributed by atoms with Gasteiger partial charge in [0.25, 0.3) is 0 Å². The van der Waals surface area contributed by atoms with Crippen LogP contribution in [0.25, 0.3) is 5.70 Å². The zero-order chi connectivity index (χ0) is 14.2. The minimum atomic E-state index is 0.362. The summed E-state index contributed by atoms with van der Waals surface area (Å²) in [5, 5.41) is 3.75. The van der Waals surface area contributed by atoms with E-state index in [4.69, 9.17) is 0 Å². The largest absolute Gasteiger partial charge is 0.370 e. The maximum atomic E-state index is 4.37. The highest BCUT2D eigenvalue weighted by Gasteiger charge is 2.37. The molecule has 108 valence electrons. The number of nitrogens with zero attached hydrogens (tertiary/aromatic N) is 1. The van der Waals surface area contributed by atoms with Crippen molar-refractivity contribution in [3.8, 4) is 0 Å². The molecule has 1 aromatic rings. The van der Waals surface area contributed by atoms with Crippen LogP contribution in [0.1, 0.15) is 42.4 Å². The molecule has 3 rings (SSSR count). The van der Waals surface area contributed by atoms with Gasteiger partial charge >= 0.3 is 0 Å². The Kier molecular flexibility index (Phi) is 3.59. The highest BCUT2D eigenvalue weighted by atomic mass is 15.2. The molecule has 0 bridgehead atoms. The van der Waals surface area contributed by atoms with Crippen molar-refractivity contribution in [2.75, 3.05) is 19.6 Å². The fraction of sp³-hybridized carbons (Fsp3) is 0.556. The first-order chi connectivity index (χ1) is 9.60. The summed E-state index contributed by atoms with van der Waals surface area (Å²) in [7, 11) is 0. The highest BCUT2D eigenvalue weighted by molar-refractivity contribution is 5.63. The SMILES string of the molecule is C=C(c1ccc(C)c(C)c1)N1CCCC2(CCCN2)C1. The van der Waals surface area contributed by atoms with Gasteiger partial charge in [0.15, 0.2) is 0 Å². The van der Waals surface area contributed by atoms with Gasteiger partial charge in [0.05, 0.1) is 0 Å². The van der Waals surface area contributed by atoms with Crippen molar-refractivity contribution in [1.82, 2.24) is 10.2 Å². The summed E-state index contributed by atoms with van der Waals surface area (Å²) in [6, 6.07) is 6.71. The topological polar surface area (TPSA) is 15.3 Å². The molecule has 2 saturated heterocycles. The zero-order valence-electron chi connectivity index (χ0n) is 12.8. The van der Waals surface area contributed by atoms with Gasteiger partial charge in [0, 0.05) is 24.3 Å². The quantitative estimate of drug-likeness (QED) is 0.885. The van der Waals surface area contributed by atoms with Gasteiger partial charge in [-0.2, -0.15) is 0 Å². The summed E-state index contributed by atoms with van der Waals surface area (Å²) in [6.45, 7) is 12.2. The fourth-order valence-corrected chi connectivity index (χ4v) is 3.68. The summed E-state index contributed by atoms with van der Waals surface area (Å²) < 4.78 is 0. The molecule has 2 heterocycles. The molecule has 1 spiro atoms. The normalized spacial score (nSPS) is 26.2. The predicted octanol–water partition coefficient (Wildman–Crippen LogP) is 3.49. The summed E-state index contributed by atoms with van der Waals surface area (Å²) in [5.74, 6) is 0. The number of nitrogens with one attached hydrogen (secondary N) is 1. The molecule has 1 aromatic carbocycles. The second-order valence-electron chi connectivity index (χ2n) is 6.58. The van der Waals surface area contributed by atoms with Crippen LogP contribution in [-0.2, 0) is 0 Å². The lowest BCUT2D eigenvalue weighted by Gasteiger charge is -2.42. The Morgan fingerprint density at radius 1 is 1.20 bits per heavy atom. The van der Waals surface area contributed by atoms with Crippen LogP contribution in [0.4, 0.5) is 0 Å². The molecule has 0 aromatic heterocycles. The van der Waals surface area contributed by atoms with Gasteiger partial charge in [-0.05, 0) is 68.8 Å². The number of piperidine rings is 1. The van der Waals surface area contributed by atoms with Gasteiger partial charge in [-0.3, -0.25) is 0 Å². The van der Waals surface area contributed by atoms with Crippen LogP contribution in [0.5, 0.6) is 0 Å². The molecule has 2 aliphatic heterocycles. The molecular weight excluding hydrogens is 244 g/mol. The maximum absolute atomic E-state index is 4.37. The molecule has 0 aliphatic carbocycles. The molecule has 2 heteroatoms. The average Bonchev–Trinajstić information content (AvgIpc) is 2.89. The molecule has 2 fully saturated rings. The van der Waals surface area contributed by atoms with E-state index in [1.807, 2.05) is 0 Å². The Morgan fingerprint density at radius 2 is 2.00 bits per heavy atom. The number of benzene rings is 1. The van der Waals surface area contributed by atoms with Gasteiger partial charge in [0.2, 0.25) is 0 Å². The molecule has 2 nitrogen and oxygen atoms in total. The molecule has 2 aliphatic rings. The molecule has 1 atom stereocenters. The van der Waals surface area contributed by atoms with Gasteiger partial charge in [0.1, 0.15) is 0 Å². The second-order valence-corrected chi connectivity index (χ2v) is 6.58. The van der Waals surface area contributed by atoms with Crippen molar-refractivity contribution >= 4 is 5.70 Å². The lowest BCUT2D eigenvalue weighted by atomic mass is 9.87. The van der Waals surface area contributed by atoms with E-state index in [-0.39, 0.29) is 0 Å². The lowest BCUT2D eigenvalue weighted by molar-refractivity contribution is 0.189. The number of rotatable bonds is 2. The molecule has 1 unspecified atom stereocenters. The van der Waals surface area contributed by atoms with Crippen molar-refractivity contribution in [1.29, 1.82) is 0 Å². The van der Waals surface area contributed by atoms with E-state index in [0.29, 0.717) is 5.54 Å². The minimum absolute atomic E-state index is 0.362. The van der Waals surface area contributed by atoms with Crippen molar-refractivity contribution in [2.45, 2.75) is 45.1 Å². The van der Waals surface area contributed by atoms with Crippen molar-refractivity contribution in [3.05, 3.63) is 41.5 Å². The van der Waals surface area contributed by atoms with Crippen molar-refractivity contribution < 1.29 is 0 Å². The molecule has 20 heavy (non-hydrogen) atoms. The first-order valence-corrected chi connectivity index (χ1v) is 7.86. The molecule has 0 saturated carbocycles. The standard InChI is InChI=1S/C18H26N2/c1-14-6-7-17(12-15(14)2)16(3)20-11-5-9-18(13-20)8-4-10-19-18/h6-7,12,19H,3-5,8-11,13H2,1-2H3. The predicted molar refractivity (Wildman–Crippen MR) is 85.7 cm³/mol. The third-order valence-electron chi connectivity index (χ3n) is 5.13. The molecular formula is C18H26N2. The first-order valence-electron chi connectivity index (χ1n) is 7.86.